The lowest BCUT2D eigenvalue weighted by Crippen LogP contribution is -2.45. The van der Waals surface area contributed by atoms with Crippen molar-refractivity contribution in [1.82, 2.24) is 24.6 Å². The minimum atomic E-state index is -4.25. The molecule has 3 heterocycles. The number of aromatic nitrogens is 4. The van der Waals surface area contributed by atoms with Gasteiger partial charge in [0.15, 0.2) is 23.2 Å². The van der Waals surface area contributed by atoms with Crippen molar-refractivity contribution in [3.8, 4) is 5.75 Å². The van der Waals surface area contributed by atoms with Crippen molar-refractivity contribution >= 4 is 48.2 Å². The van der Waals surface area contributed by atoms with Crippen LogP contribution in [0.4, 0.5) is 11.8 Å². The van der Waals surface area contributed by atoms with Crippen molar-refractivity contribution in [1.29, 1.82) is 0 Å². The van der Waals surface area contributed by atoms with E-state index in [0.29, 0.717) is 11.3 Å². The van der Waals surface area contributed by atoms with Crippen molar-refractivity contribution in [2.24, 2.45) is 0 Å². The third-order valence-corrected chi connectivity index (χ3v) is 8.27. The summed E-state index contributed by atoms with van der Waals surface area (Å²) in [4.78, 5) is 23.0. The number of para-hydroxylation sites is 1. The van der Waals surface area contributed by atoms with Gasteiger partial charge in [-0.2, -0.15) is 15.1 Å². The van der Waals surface area contributed by atoms with E-state index >= 15 is 0 Å². The lowest BCUT2D eigenvalue weighted by molar-refractivity contribution is -0.144. The number of carbonyl (C=O) groups is 1. The largest absolute Gasteiger partial charge is 0.465 e. The van der Waals surface area contributed by atoms with Crippen molar-refractivity contribution < 1.29 is 38.1 Å². The average molecular weight is 600 g/mol. The molecule has 4 rings (SSSR count). The van der Waals surface area contributed by atoms with Crippen LogP contribution in [0.3, 0.4) is 0 Å². The normalized spacial score (nSPS) is 24.9. The molecule has 218 valence electrons. The molecular formula is C23H31ClN7O8P. The van der Waals surface area contributed by atoms with Gasteiger partial charge in [-0.1, -0.05) is 18.2 Å². The molecule has 6 N–H and O–H groups in total. The molecule has 1 aliphatic heterocycles. The summed E-state index contributed by atoms with van der Waals surface area (Å²) in [7, 11) is -2.62. The van der Waals surface area contributed by atoms with E-state index < -0.39 is 56.3 Å². The molecule has 1 aliphatic rings. The zero-order valence-corrected chi connectivity index (χ0v) is 23.6. The first-order valence-electron chi connectivity index (χ1n) is 12.3. The monoisotopic (exact) mass is 599 g/mol. The number of esters is 1. The Labute approximate surface area is 234 Å². The Morgan fingerprint density at radius 2 is 2.08 bits per heavy atom. The number of fused-ring (bicyclic) bond motifs is 1. The first-order chi connectivity index (χ1) is 19.0. The highest BCUT2D eigenvalue weighted by molar-refractivity contribution is 7.52. The number of hydrogen-bond acceptors (Lipinski definition) is 13. The smallest absolute Gasteiger partial charge is 0.459 e. The van der Waals surface area contributed by atoms with E-state index in [1.165, 1.54) is 17.8 Å². The van der Waals surface area contributed by atoms with Crippen LogP contribution in [0.1, 0.15) is 20.1 Å². The van der Waals surface area contributed by atoms with Gasteiger partial charge in [-0.05, 0) is 26.0 Å². The van der Waals surface area contributed by atoms with Crippen LogP contribution < -0.4 is 20.7 Å². The number of ether oxygens (including phenoxy) is 2. The van der Waals surface area contributed by atoms with E-state index in [1.807, 2.05) is 0 Å². The molecule has 3 aromatic rings. The van der Waals surface area contributed by atoms with Gasteiger partial charge >= 0.3 is 13.7 Å². The number of hydrogen-bond donors (Lipinski definition) is 5. The average Bonchev–Trinajstić information content (AvgIpc) is 3.46. The first-order valence-corrected chi connectivity index (χ1v) is 14.2. The van der Waals surface area contributed by atoms with E-state index in [4.69, 9.17) is 35.9 Å². The maximum Gasteiger partial charge on any atom is 0.459 e. The molecule has 40 heavy (non-hydrogen) atoms. The summed E-state index contributed by atoms with van der Waals surface area (Å²) in [5.74, 6) is -0.175. The van der Waals surface area contributed by atoms with Crippen LogP contribution >= 0.6 is 19.3 Å². The molecule has 0 radical (unpaired) electrons. The third-order valence-electron chi connectivity index (χ3n) is 6.10. The zero-order chi connectivity index (χ0) is 29.1. The molecule has 0 spiro atoms. The van der Waals surface area contributed by atoms with Gasteiger partial charge in [-0.3, -0.25) is 13.9 Å². The number of nitrogens with two attached hydrogens (primary N) is 1. The number of anilines is 2. The van der Waals surface area contributed by atoms with Crippen LogP contribution in [0.25, 0.3) is 11.2 Å². The number of nitrogens with one attached hydrogen (secondary N) is 2. The Bertz CT molecular complexity index is 1380. The number of nitrogen functional groups attached to an aromatic ring is 1. The Hall–Kier alpha value is -3.04. The SMILES string of the molecule is CCOC(=O)[C@H](C)N[P@](=O)(OC[C@H]1O[C@@H](n2cnc3c(NC)nc(N)nc32)[C@@](Cl)(CO)[C@@H]1O)Oc1ccccc1. The van der Waals surface area contributed by atoms with Gasteiger partial charge in [0.2, 0.25) is 5.95 Å². The fourth-order valence-electron chi connectivity index (χ4n) is 4.13. The van der Waals surface area contributed by atoms with E-state index in [1.54, 1.807) is 44.3 Å². The number of alkyl halides is 1. The molecule has 2 aromatic heterocycles. The molecule has 0 aliphatic carbocycles. The predicted molar refractivity (Wildman–Crippen MR) is 145 cm³/mol. The third kappa shape index (κ3) is 6.00. The molecule has 15 nitrogen and oxygen atoms in total. The van der Waals surface area contributed by atoms with E-state index in [9.17, 15) is 19.6 Å². The number of halogens is 1. The number of benzene rings is 1. The van der Waals surface area contributed by atoms with Gasteiger partial charge in [-0.25, -0.2) is 9.55 Å². The minimum Gasteiger partial charge on any atom is -0.465 e. The number of aliphatic hydroxyl groups excluding tert-OH is 2. The number of aliphatic hydroxyl groups is 2. The van der Waals surface area contributed by atoms with Crippen LogP contribution in [0.15, 0.2) is 36.7 Å². The van der Waals surface area contributed by atoms with E-state index in [-0.39, 0.29) is 24.0 Å². The second kappa shape index (κ2) is 12.2. The van der Waals surface area contributed by atoms with Crippen molar-refractivity contribution in [3.05, 3.63) is 36.7 Å². The van der Waals surface area contributed by atoms with Crippen molar-refractivity contribution in [2.45, 2.75) is 43.2 Å². The Balaban J connectivity index is 1.59. The van der Waals surface area contributed by atoms with E-state index in [0.717, 1.165) is 0 Å². The second-order valence-electron chi connectivity index (χ2n) is 8.86. The molecule has 1 fully saturated rings. The predicted octanol–water partition coefficient (Wildman–Crippen LogP) is 1.42. The van der Waals surface area contributed by atoms with Gasteiger partial charge in [0, 0.05) is 7.05 Å². The Kier molecular flexibility index (Phi) is 9.15. The molecule has 0 amide bonds. The van der Waals surface area contributed by atoms with Crippen molar-refractivity contribution in [3.63, 3.8) is 0 Å². The molecule has 0 bridgehead atoms. The highest BCUT2D eigenvalue weighted by atomic mass is 35.5. The van der Waals surface area contributed by atoms with Crippen molar-refractivity contribution in [2.75, 3.05) is 37.9 Å². The lowest BCUT2D eigenvalue weighted by atomic mass is 9.99. The quantitative estimate of drug-likeness (QED) is 0.113. The molecular weight excluding hydrogens is 569 g/mol. The summed E-state index contributed by atoms with van der Waals surface area (Å²) in [6.45, 7) is 1.97. The summed E-state index contributed by atoms with van der Waals surface area (Å²) >= 11 is 6.72. The maximum absolute atomic E-state index is 13.8. The van der Waals surface area contributed by atoms with Gasteiger partial charge in [0.05, 0.1) is 26.1 Å². The summed E-state index contributed by atoms with van der Waals surface area (Å²) in [5.41, 5.74) is 6.42. The van der Waals surface area contributed by atoms with Crippen LogP contribution in [-0.4, -0.2) is 85.7 Å². The topological polar surface area (TPSA) is 205 Å². The van der Waals surface area contributed by atoms with Crippen LogP contribution in [0, 0.1) is 0 Å². The number of nitrogens with zero attached hydrogens (tertiary/aromatic N) is 4. The van der Waals surface area contributed by atoms with Gasteiger partial charge in [0.1, 0.15) is 28.9 Å². The second-order valence-corrected chi connectivity index (χ2v) is 11.3. The van der Waals surface area contributed by atoms with E-state index in [2.05, 4.69) is 25.4 Å². The highest BCUT2D eigenvalue weighted by Gasteiger charge is 2.57. The first kappa shape index (κ1) is 29.9. The molecule has 1 saturated heterocycles. The fourth-order valence-corrected chi connectivity index (χ4v) is 5.92. The highest BCUT2D eigenvalue weighted by Crippen LogP contribution is 2.48. The lowest BCUT2D eigenvalue weighted by Gasteiger charge is -2.28. The van der Waals surface area contributed by atoms with Gasteiger partial charge in [0.25, 0.3) is 0 Å². The summed E-state index contributed by atoms with van der Waals surface area (Å²) < 4.78 is 37.4. The van der Waals surface area contributed by atoms with Crippen LogP contribution in [0.2, 0.25) is 0 Å². The summed E-state index contributed by atoms with van der Waals surface area (Å²) in [6, 6.07) is 7.11. The molecule has 1 aromatic carbocycles. The molecule has 0 unspecified atom stereocenters. The van der Waals surface area contributed by atoms with Crippen LogP contribution in [0.5, 0.6) is 5.75 Å². The van der Waals surface area contributed by atoms with Gasteiger partial charge < -0.3 is 35.3 Å². The Morgan fingerprint density at radius 1 is 1.35 bits per heavy atom. The number of rotatable bonds is 12. The number of imidazole rings is 1. The zero-order valence-electron chi connectivity index (χ0n) is 21.9. The molecule has 0 saturated carbocycles. The number of carbonyl (C=O) groups excluding carboxylic acids is 1. The summed E-state index contributed by atoms with van der Waals surface area (Å²) in [5, 5.41) is 26.7. The molecule has 6 atom stereocenters. The Morgan fingerprint density at radius 3 is 2.73 bits per heavy atom. The fraction of sp³-hybridized carbons (Fsp3) is 0.478. The maximum atomic E-state index is 13.8. The van der Waals surface area contributed by atoms with Crippen LogP contribution in [-0.2, 0) is 23.4 Å². The molecule has 17 heteroatoms. The standard InChI is InChI=1S/C23H31ClN7O8P/c1-4-36-20(34)13(2)30-40(35,39-14-8-6-5-7-9-14)37-10-15-17(33)23(24,11-32)21(38-15)31-12-27-16-18(26-3)28-22(25)29-19(16)31/h5-9,12-13,15,17,21,32-33H,4,10-11H2,1-3H3,(H,30,35)(H3,25,26,28,29)/t13-,15+,17+,21+,23+,40-/m0/s1. The summed E-state index contributed by atoms with van der Waals surface area (Å²) in [6.07, 6.45) is -2.56. The minimum absolute atomic E-state index is 0.0537. The van der Waals surface area contributed by atoms with Gasteiger partial charge in [-0.15, -0.1) is 11.6 Å².